The molecule has 0 aliphatic heterocycles. The van der Waals surface area contributed by atoms with Crippen molar-refractivity contribution in [2.24, 2.45) is 9.50 Å². The maximum Gasteiger partial charge on any atom is 0.354 e. The van der Waals surface area contributed by atoms with E-state index in [0.29, 0.717) is 29.1 Å². The van der Waals surface area contributed by atoms with Crippen LogP contribution >= 0.6 is 11.3 Å². The van der Waals surface area contributed by atoms with Crippen molar-refractivity contribution in [3.63, 3.8) is 0 Å². The van der Waals surface area contributed by atoms with E-state index in [9.17, 15) is 18.9 Å². The molecule has 1 aromatic heterocycles. The van der Waals surface area contributed by atoms with Crippen molar-refractivity contribution in [3.05, 3.63) is 39.5 Å². The monoisotopic (exact) mass is 434 g/mol. The number of carbonyl (C=O) groups excluding carboxylic acids is 2. The van der Waals surface area contributed by atoms with Gasteiger partial charge < -0.3 is 10.4 Å². The van der Waals surface area contributed by atoms with E-state index in [1.807, 2.05) is 6.07 Å². The standard InChI is InChI=1S/C19H22N4O4S2/c1-19(2,26)17-21-9-15(28-17)29(20,27)23-18(25)22-16-11-5-3-4-10(11)8-13-12(16)6-7-14(13)24/h8-9,26H,3-7H2,1-2H3,(H3,20,22,23,25,27). The first kappa shape index (κ1) is 20.1. The minimum Gasteiger partial charge on any atom is -0.383 e. The van der Waals surface area contributed by atoms with Crippen LogP contribution in [0.2, 0.25) is 0 Å². The predicted molar refractivity (Wildman–Crippen MR) is 111 cm³/mol. The van der Waals surface area contributed by atoms with Gasteiger partial charge in [0.15, 0.2) is 15.7 Å². The quantitative estimate of drug-likeness (QED) is 0.683. The third kappa shape index (κ3) is 3.73. The van der Waals surface area contributed by atoms with E-state index in [4.69, 9.17) is 5.14 Å². The highest BCUT2D eigenvalue weighted by Gasteiger charge is 2.29. The summed E-state index contributed by atoms with van der Waals surface area (Å²) < 4.78 is 16.6. The van der Waals surface area contributed by atoms with Gasteiger partial charge in [-0.15, -0.1) is 15.7 Å². The van der Waals surface area contributed by atoms with Crippen molar-refractivity contribution in [1.82, 2.24) is 4.98 Å². The molecule has 0 saturated carbocycles. The van der Waals surface area contributed by atoms with Gasteiger partial charge in [-0.1, -0.05) is 0 Å². The number of hydrogen-bond donors (Lipinski definition) is 3. The number of benzene rings is 1. The van der Waals surface area contributed by atoms with Gasteiger partial charge in [0.05, 0.1) is 6.20 Å². The van der Waals surface area contributed by atoms with Gasteiger partial charge in [0, 0.05) is 17.7 Å². The highest BCUT2D eigenvalue weighted by molar-refractivity contribution is 7.93. The second-order valence-corrected chi connectivity index (χ2v) is 10.9. The molecule has 4 rings (SSSR count). The molecule has 4 N–H and O–H groups in total. The maximum absolute atomic E-state index is 12.8. The SMILES string of the molecule is CC(C)(O)c1ncc(S(N)(=O)=NC(=O)Nc2c3c(cc4c2CCC4=O)CCC3)s1. The third-order valence-electron chi connectivity index (χ3n) is 5.16. The lowest BCUT2D eigenvalue weighted by molar-refractivity contribution is 0.0782. The van der Waals surface area contributed by atoms with Crippen molar-refractivity contribution < 1.29 is 18.9 Å². The van der Waals surface area contributed by atoms with Crippen LogP contribution in [-0.4, -0.2) is 26.1 Å². The molecule has 1 heterocycles. The third-order valence-corrected chi connectivity index (χ3v) is 8.35. The number of hydrogen-bond acceptors (Lipinski definition) is 6. The maximum atomic E-state index is 12.8. The van der Waals surface area contributed by atoms with Gasteiger partial charge in [0.1, 0.15) is 14.8 Å². The summed E-state index contributed by atoms with van der Waals surface area (Å²) in [7, 11) is -3.52. The average molecular weight is 435 g/mol. The molecule has 2 amide bonds. The molecule has 2 aliphatic carbocycles. The Morgan fingerprint density at radius 3 is 2.76 bits per heavy atom. The number of nitrogens with zero attached hydrogens (tertiary/aromatic N) is 2. The molecule has 2 aromatic rings. The van der Waals surface area contributed by atoms with Crippen molar-refractivity contribution in [1.29, 1.82) is 0 Å². The highest BCUT2D eigenvalue weighted by Crippen LogP contribution is 2.38. The molecule has 0 saturated heterocycles. The van der Waals surface area contributed by atoms with E-state index in [-0.39, 0.29) is 9.99 Å². The van der Waals surface area contributed by atoms with Gasteiger partial charge >= 0.3 is 6.03 Å². The number of aryl methyl sites for hydroxylation is 1. The topological polar surface area (TPSA) is 135 Å². The van der Waals surface area contributed by atoms with Gasteiger partial charge in [-0.3, -0.25) is 4.79 Å². The van der Waals surface area contributed by atoms with Crippen LogP contribution in [0.1, 0.15) is 58.7 Å². The lowest BCUT2D eigenvalue weighted by atomic mass is 9.98. The second-order valence-electron chi connectivity index (χ2n) is 7.83. The summed E-state index contributed by atoms with van der Waals surface area (Å²) in [5.74, 6) is 0.0774. The Balaban J connectivity index is 1.67. The van der Waals surface area contributed by atoms with Gasteiger partial charge in [0.25, 0.3) is 0 Å². The van der Waals surface area contributed by atoms with Gasteiger partial charge in [-0.2, -0.15) is 0 Å². The number of rotatable bonds is 3. The molecular formula is C19H22N4O4S2. The summed E-state index contributed by atoms with van der Waals surface area (Å²) in [5, 5.41) is 18.9. The van der Waals surface area contributed by atoms with Gasteiger partial charge in [-0.05, 0) is 62.3 Å². The van der Waals surface area contributed by atoms with Crippen LogP contribution in [-0.2, 0) is 34.8 Å². The minimum atomic E-state index is -3.52. The fourth-order valence-electron chi connectivity index (χ4n) is 3.80. The minimum absolute atomic E-state index is 0.0774. The van der Waals surface area contributed by atoms with E-state index in [0.717, 1.165) is 47.3 Å². The molecular weight excluding hydrogens is 412 g/mol. The predicted octanol–water partition coefficient (Wildman–Crippen LogP) is 2.92. The van der Waals surface area contributed by atoms with Crippen LogP contribution in [0.4, 0.5) is 10.5 Å². The van der Waals surface area contributed by atoms with E-state index in [1.165, 1.54) is 6.20 Å². The number of thiazole rings is 1. The zero-order valence-electron chi connectivity index (χ0n) is 16.2. The van der Waals surface area contributed by atoms with E-state index >= 15 is 0 Å². The molecule has 1 atom stereocenters. The highest BCUT2D eigenvalue weighted by atomic mass is 32.2. The van der Waals surface area contributed by atoms with Crippen LogP contribution < -0.4 is 10.5 Å². The number of carbonyl (C=O) groups is 2. The number of urea groups is 1. The first-order chi connectivity index (χ1) is 13.6. The molecule has 1 aromatic carbocycles. The molecule has 0 fully saturated rings. The average Bonchev–Trinajstić information content (AvgIpc) is 3.33. The number of nitrogens with one attached hydrogen (secondary N) is 1. The number of aromatic nitrogens is 1. The smallest absolute Gasteiger partial charge is 0.354 e. The normalized spacial score (nSPS) is 17.6. The molecule has 0 radical (unpaired) electrons. The first-order valence-corrected chi connectivity index (χ1v) is 11.7. The first-order valence-electron chi connectivity index (χ1n) is 9.31. The van der Waals surface area contributed by atoms with Crippen molar-refractivity contribution in [2.75, 3.05) is 5.32 Å². The Labute approximate surface area is 172 Å². The van der Waals surface area contributed by atoms with Gasteiger partial charge in [-0.25, -0.2) is 19.1 Å². The van der Waals surface area contributed by atoms with Crippen LogP contribution in [0.15, 0.2) is 20.8 Å². The summed E-state index contributed by atoms with van der Waals surface area (Å²) in [5.41, 5.74) is 2.98. The Hall–Kier alpha value is -2.14. The molecule has 2 aliphatic rings. The Morgan fingerprint density at radius 2 is 2.07 bits per heavy atom. The fourth-order valence-corrected chi connectivity index (χ4v) is 5.86. The van der Waals surface area contributed by atoms with Crippen molar-refractivity contribution in [2.45, 2.75) is 55.8 Å². The lowest BCUT2D eigenvalue weighted by Crippen LogP contribution is -2.18. The zero-order valence-corrected chi connectivity index (χ0v) is 17.8. The number of amides is 2. The molecule has 29 heavy (non-hydrogen) atoms. The van der Waals surface area contributed by atoms with E-state index < -0.39 is 21.5 Å². The van der Waals surface area contributed by atoms with E-state index in [1.54, 1.807) is 13.8 Å². The summed E-state index contributed by atoms with van der Waals surface area (Å²) in [6.07, 6.45) is 4.90. The molecule has 10 heteroatoms. The molecule has 0 bridgehead atoms. The van der Waals surface area contributed by atoms with Crippen molar-refractivity contribution in [3.8, 4) is 0 Å². The Morgan fingerprint density at radius 1 is 1.31 bits per heavy atom. The molecule has 1 unspecified atom stereocenters. The number of ketones is 1. The number of anilines is 1. The summed E-state index contributed by atoms with van der Waals surface area (Å²) in [6.45, 7) is 3.10. The van der Waals surface area contributed by atoms with Crippen LogP contribution in [0.5, 0.6) is 0 Å². The van der Waals surface area contributed by atoms with E-state index in [2.05, 4.69) is 14.7 Å². The summed E-state index contributed by atoms with van der Waals surface area (Å²) >= 11 is 0.956. The van der Waals surface area contributed by atoms with Crippen molar-refractivity contribution >= 4 is 38.8 Å². The number of fused-ring (bicyclic) bond motifs is 2. The molecule has 154 valence electrons. The summed E-state index contributed by atoms with van der Waals surface area (Å²) in [6, 6.07) is 1.12. The largest absolute Gasteiger partial charge is 0.383 e. The lowest BCUT2D eigenvalue weighted by Gasteiger charge is -2.14. The summed E-state index contributed by atoms with van der Waals surface area (Å²) in [4.78, 5) is 28.8. The molecule has 8 nitrogen and oxygen atoms in total. The zero-order chi connectivity index (χ0) is 21.0. The number of aliphatic hydroxyl groups is 1. The number of nitrogens with two attached hydrogens (primary N) is 1. The van der Waals surface area contributed by atoms with Gasteiger partial charge in [0.2, 0.25) is 0 Å². The second kappa shape index (κ2) is 6.98. The van der Waals surface area contributed by atoms with Crippen LogP contribution in [0, 0.1) is 0 Å². The number of Topliss-reactive ketones (excluding diaryl/α,β-unsaturated/α-hetero) is 1. The fraction of sp³-hybridized carbons (Fsp3) is 0.421. The Kier molecular flexibility index (Phi) is 4.85. The molecule has 0 spiro atoms. The Bertz CT molecular complexity index is 1150. The van der Waals surface area contributed by atoms with Crippen LogP contribution in [0.3, 0.4) is 0 Å². The van der Waals surface area contributed by atoms with Crippen LogP contribution in [0.25, 0.3) is 0 Å².